The van der Waals surface area contributed by atoms with E-state index in [0.717, 1.165) is 0 Å². The predicted molar refractivity (Wildman–Crippen MR) is 48.3 cm³/mol. The van der Waals surface area contributed by atoms with Crippen LogP contribution in [0, 0.1) is 5.41 Å². The minimum Gasteiger partial charge on any atom is -0.0885 e. The Morgan fingerprint density at radius 1 is 1.00 bits per heavy atom. The van der Waals surface area contributed by atoms with E-state index in [4.69, 9.17) is 0 Å². The van der Waals surface area contributed by atoms with Crippen LogP contribution in [-0.2, 0) is 0 Å². The topological polar surface area (TPSA) is 0 Å². The largest absolute Gasteiger partial charge is 0.0885 e. The monoisotopic (exact) mass is 146 g/mol. The maximum Gasteiger partial charge on any atom is 0.0102 e. The summed E-state index contributed by atoms with van der Waals surface area (Å²) in [5, 5.41) is 0. The van der Waals surface area contributed by atoms with Crippen molar-refractivity contribution in [1.82, 2.24) is 0 Å². The third kappa shape index (κ3) is 1.30. The molecule has 0 radical (unpaired) electrons. The lowest BCUT2D eigenvalue weighted by Gasteiger charge is -2.21. The lowest BCUT2D eigenvalue weighted by molar-refractivity contribution is 0.457. The van der Waals surface area contributed by atoms with Crippen molar-refractivity contribution in [3.63, 3.8) is 0 Å². The molecule has 0 heteroatoms. The average Bonchev–Trinajstić information content (AvgIpc) is 2.32. The lowest BCUT2D eigenvalue weighted by atomic mass is 9.83. The maximum absolute atomic E-state index is 2.35. The van der Waals surface area contributed by atoms with Crippen LogP contribution in [0.2, 0.25) is 0 Å². The van der Waals surface area contributed by atoms with Gasteiger partial charge in [-0.25, -0.2) is 0 Å². The van der Waals surface area contributed by atoms with E-state index < -0.39 is 0 Å². The molecule has 58 valence electrons. The first kappa shape index (κ1) is 6.90. The molecule has 0 atom stereocenters. The molecule has 11 heavy (non-hydrogen) atoms. The smallest absolute Gasteiger partial charge is 0.0102 e. The molecule has 0 saturated carbocycles. The Labute approximate surface area is 68.3 Å². The number of hydrogen-bond donors (Lipinski definition) is 0. The molecule has 2 aliphatic carbocycles. The van der Waals surface area contributed by atoms with Gasteiger partial charge in [-0.3, -0.25) is 0 Å². The van der Waals surface area contributed by atoms with E-state index >= 15 is 0 Å². The van der Waals surface area contributed by atoms with Gasteiger partial charge in [0.25, 0.3) is 0 Å². The summed E-state index contributed by atoms with van der Waals surface area (Å²) in [7, 11) is 0. The van der Waals surface area contributed by atoms with Crippen molar-refractivity contribution >= 4 is 0 Å². The van der Waals surface area contributed by atoms with E-state index in [1.165, 1.54) is 25.7 Å². The first-order valence-electron chi connectivity index (χ1n) is 4.43. The van der Waals surface area contributed by atoms with E-state index in [1.807, 2.05) is 0 Å². The molecule has 0 heterocycles. The summed E-state index contributed by atoms with van der Waals surface area (Å²) in [5.41, 5.74) is 0.410. The number of rotatable bonds is 0. The summed E-state index contributed by atoms with van der Waals surface area (Å²) >= 11 is 0. The SMILES string of the molecule is C1=CC2(C=C1)CC=CCCC2. The Balaban J connectivity index is 2.17. The van der Waals surface area contributed by atoms with Gasteiger partial charge in [-0.15, -0.1) is 0 Å². The third-order valence-corrected chi connectivity index (χ3v) is 2.64. The van der Waals surface area contributed by atoms with E-state index in [9.17, 15) is 0 Å². The maximum atomic E-state index is 2.35. The minimum atomic E-state index is 0.410. The van der Waals surface area contributed by atoms with Crippen LogP contribution < -0.4 is 0 Å². The molecule has 0 fully saturated rings. The molecule has 0 nitrogen and oxygen atoms in total. The van der Waals surface area contributed by atoms with Crippen molar-refractivity contribution in [3.05, 3.63) is 36.5 Å². The zero-order valence-corrected chi connectivity index (χ0v) is 6.79. The first-order chi connectivity index (χ1) is 5.41. The highest BCUT2D eigenvalue weighted by molar-refractivity contribution is 5.26. The van der Waals surface area contributed by atoms with Crippen LogP contribution in [0.15, 0.2) is 36.5 Å². The highest BCUT2D eigenvalue weighted by Gasteiger charge is 2.24. The molecule has 0 unspecified atom stereocenters. The fourth-order valence-corrected chi connectivity index (χ4v) is 1.92. The molecule has 2 rings (SSSR count). The standard InChI is InChI=1S/C11H14/c1-2-4-8-11(7-3-1)9-5-6-10-11/h1,3,5-6,9-10H,2,4,7-8H2. The quantitative estimate of drug-likeness (QED) is 0.460. The molecule has 1 spiro atoms. The molecule has 0 aromatic rings. The molecule has 0 aromatic heterocycles. The minimum absolute atomic E-state index is 0.410. The molecule has 2 aliphatic rings. The molecule has 0 aliphatic heterocycles. The number of hydrogen-bond acceptors (Lipinski definition) is 0. The summed E-state index contributed by atoms with van der Waals surface area (Å²) < 4.78 is 0. The van der Waals surface area contributed by atoms with Crippen molar-refractivity contribution < 1.29 is 0 Å². The van der Waals surface area contributed by atoms with Gasteiger partial charge < -0.3 is 0 Å². The van der Waals surface area contributed by atoms with Crippen LogP contribution in [0.1, 0.15) is 25.7 Å². The fourth-order valence-electron chi connectivity index (χ4n) is 1.92. The highest BCUT2D eigenvalue weighted by Crippen LogP contribution is 2.37. The van der Waals surface area contributed by atoms with Crippen LogP contribution >= 0.6 is 0 Å². The Morgan fingerprint density at radius 2 is 1.82 bits per heavy atom. The van der Waals surface area contributed by atoms with Gasteiger partial charge in [-0.1, -0.05) is 36.5 Å². The second-order valence-electron chi connectivity index (χ2n) is 3.52. The Bertz CT molecular complexity index is 206. The van der Waals surface area contributed by atoms with Gasteiger partial charge in [0.15, 0.2) is 0 Å². The molecule has 0 bridgehead atoms. The zero-order valence-electron chi connectivity index (χ0n) is 6.79. The normalized spacial score (nSPS) is 26.2. The van der Waals surface area contributed by atoms with Gasteiger partial charge in [0.05, 0.1) is 0 Å². The third-order valence-electron chi connectivity index (χ3n) is 2.64. The summed E-state index contributed by atoms with van der Waals surface area (Å²) in [4.78, 5) is 0. The average molecular weight is 146 g/mol. The summed E-state index contributed by atoms with van der Waals surface area (Å²) in [5.74, 6) is 0. The van der Waals surface area contributed by atoms with Crippen LogP contribution in [0.25, 0.3) is 0 Å². The zero-order chi connectivity index (χ0) is 7.57. The molecule has 0 N–H and O–H groups in total. The van der Waals surface area contributed by atoms with E-state index in [0.29, 0.717) is 5.41 Å². The van der Waals surface area contributed by atoms with E-state index in [2.05, 4.69) is 36.5 Å². The summed E-state index contributed by atoms with van der Waals surface area (Å²) in [6.45, 7) is 0. The number of allylic oxidation sites excluding steroid dienone is 6. The van der Waals surface area contributed by atoms with Crippen molar-refractivity contribution in [2.75, 3.05) is 0 Å². The molecule has 0 saturated heterocycles. The summed E-state index contributed by atoms with van der Waals surface area (Å²) in [6.07, 6.45) is 18.8. The molecular formula is C11H14. The first-order valence-corrected chi connectivity index (χ1v) is 4.43. The van der Waals surface area contributed by atoms with Crippen molar-refractivity contribution in [1.29, 1.82) is 0 Å². The van der Waals surface area contributed by atoms with Gasteiger partial charge in [0.1, 0.15) is 0 Å². The molecule has 0 aromatic carbocycles. The van der Waals surface area contributed by atoms with Gasteiger partial charge in [0.2, 0.25) is 0 Å². The predicted octanol–water partition coefficient (Wildman–Crippen LogP) is 3.23. The van der Waals surface area contributed by atoms with Gasteiger partial charge >= 0.3 is 0 Å². The van der Waals surface area contributed by atoms with Crippen LogP contribution in [0.5, 0.6) is 0 Å². The highest BCUT2D eigenvalue weighted by atomic mass is 14.3. The second-order valence-corrected chi connectivity index (χ2v) is 3.52. The Hall–Kier alpha value is -0.780. The van der Waals surface area contributed by atoms with Gasteiger partial charge in [0, 0.05) is 5.41 Å². The lowest BCUT2D eigenvalue weighted by Crippen LogP contribution is -2.10. The van der Waals surface area contributed by atoms with E-state index in [-0.39, 0.29) is 0 Å². The van der Waals surface area contributed by atoms with Crippen LogP contribution in [-0.4, -0.2) is 0 Å². The van der Waals surface area contributed by atoms with Crippen molar-refractivity contribution in [2.45, 2.75) is 25.7 Å². The van der Waals surface area contributed by atoms with Gasteiger partial charge in [-0.05, 0) is 25.7 Å². The van der Waals surface area contributed by atoms with Crippen LogP contribution in [0.3, 0.4) is 0 Å². The molecule has 0 amide bonds. The second kappa shape index (κ2) is 2.69. The Morgan fingerprint density at radius 3 is 2.64 bits per heavy atom. The van der Waals surface area contributed by atoms with Gasteiger partial charge in [-0.2, -0.15) is 0 Å². The Kier molecular flexibility index (Phi) is 1.69. The van der Waals surface area contributed by atoms with E-state index in [1.54, 1.807) is 0 Å². The molecular weight excluding hydrogens is 132 g/mol. The summed E-state index contributed by atoms with van der Waals surface area (Å²) in [6, 6.07) is 0. The fraction of sp³-hybridized carbons (Fsp3) is 0.455. The van der Waals surface area contributed by atoms with Crippen molar-refractivity contribution in [2.24, 2.45) is 5.41 Å². The van der Waals surface area contributed by atoms with Crippen molar-refractivity contribution in [3.8, 4) is 0 Å². The van der Waals surface area contributed by atoms with Crippen LogP contribution in [0.4, 0.5) is 0 Å².